The molecule has 0 aliphatic rings. The summed E-state index contributed by atoms with van der Waals surface area (Å²) >= 11 is 0. The van der Waals surface area contributed by atoms with Gasteiger partial charge in [-0.25, -0.2) is 0 Å². The van der Waals surface area contributed by atoms with Crippen molar-refractivity contribution in [3.63, 3.8) is 0 Å². The van der Waals surface area contributed by atoms with Crippen LogP contribution >= 0.6 is 0 Å². The average molecular weight is 310 g/mol. The molecule has 2 aromatic rings. The van der Waals surface area contributed by atoms with Gasteiger partial charge in [0.2, 0.25) is 0 Å². The van der Waals surface area contributed by atoms with Crippen LogP contribution in [0, 0.1) is 6.92 Å². The van der Waals surface area contributed by atoms with Crippen molar-refractivity contribution in [1.82, 2.24) is 4.57 Å². The number of rotatable bonds is 4. The molecule has 0 aliphatic carbocycles. The van der Waals surface area contributed by atoms with Crippen LogP contribution in [-0.2, 0) is 0 Å². The van der Waals surface area contributed by atoms with Crippen molar-refractivity contribution in [3.05, 3.63) is 65.3 Å². The molecule has 0 unspecified atom stereocenters. The molecule has 0 saturated carbocycles. The zero-order valence-corrected chi connectivity index (χ0v) is 14.0. The third-order valence-electron chi connectivity index (χ3n) is 3.26. The van der Waals surface area contributed by atoms with Gasteiger partial charge in [0.05, 0.1) is 7.11 Å². The van der Waals surface area contributed by atoms with Crippen molar-refractivity contribution in [1.29, 1.82) is 0 Å². The van der Waals surface area contributed by atoms with Crippen LogP contribution < -0.4 is 10.2 Å². The fourth-order valence-electron chi connectivity index (χ4n) is 2.22. The van der Waals surface area contributed by atoms with Gasteiger partial charge in [0.25, 0.3) is 5.91 Å². The number of methoxy groups -OCH3 is 1. The van der Waals surface area contributed by atoms with E-state index in [0.717, 1.165) is 16.9 Å². The molecule has 0 radical (unpaired) electrons. The fourth-order valence-corrected chi connectivity index (χ4v) is 2.22. The Balaban J connectivity index is 2.35. The Morgan fingerprint density at radius 3 is 2.74 bits per heavy atom. The molecule has 120 valence electrons. The van der Waals surface area contributed by atoms with E-state index in [2.05, 4.69) is 4.99 Å². The number of ether oxygens (including phenoxy) is 1. The molecule has 2 rings (SSSR count). The Morgan fingerprint density at radius 2 is 2.04 bits per heavy atom. The van der Waals surface area contributed by atoms with E-state index in [4.69, 9.17) is 4.74 Å². The van der Waals surface area contributed by atoms with E-state index >= 15 is 0 Å². The summed E-state index contributed by atoms with van der Waals surface area (Å²) in [6, 6.07) is 11.5. The molecular weight excluding hydrogens is 288 g/mol. The summed E-state index contributed by atoms with van der Waals surface area (Å²) in [6.07, 6.45) is 5.03. The average Bonchev–Trinajstić information content (AvgIpc) is 2.52. The van der Waals surface area contributed by atoms with Crippen LogP contribution in [0.5, 0.6) is 5.75 Å². The maximum absolute atomic E-state index is 12.5. The summed E-state index contributed by atoms with van der Waals surface area (Å²) in [6.45, 7) is 5.97. The fraction of sp³-hybridized carbons (Fsp3) is 0.263. The van der Waals surface area contributed by atoms with E-state index < -0.39 is 0 Å². The van der Waals surface area contributed by atoms with E-state index in [1.807, 2.05) is 57.2 Å². The first-order valence-corrected chi connectivity index (χ1v) is 7.60. The minimum Gasteiger partial charge on any atom is -0.496 e. The third-order valence-corrected chi connectivity index (χ3v) is 3.26. The predicted octanol–water partition coefficient (Wildman–Crippen LogP) is 3.47. The normalized spacial score (nSPS) is 12.1. The van der Waals surface area contributed by atoms with Crippen LogP contribution in [0.4, 0.5) is 0 Å². The van der Waals surface area contributed by atoms with Gasteiger partial charge in [0.1, 0.15) is 11.2 Å². The smallest absolute Gasteiger partial charge is 0.256 e. The minimum absolute atomic E-state index is 0.122. The van der Waals surface area contributed by atoms with Crippen molar-refractivity contribution >= 4 is 12.0 Å². The quantitative estimate of drug-likeness (QED) is 0.812. The summed E-state index contributed by atoms with van der Waals surface area (Å²) in [7, 11) is 1.62. The van der Waals surface area contributed by atoms with E-state index in [0.29, 0.717) is 5.49 Å². The summed E-state index contributed by atoms with van der Waals surface area (Å²) in [4.78, 5) is 16.9. The van der Waals surface area contributed by atoms with Crippen LogP contribution in [0.25, 0.3) is 6.08 Å². The number of hydrogen-bond acceptors (Lipinski definition) is 3. The van der Waals surface area contributed by atoms with Gasteiger partial charge in [-0.2, -0.15) is 0 Å². The summed E-state index contributed by atoms with van der Waals surface area (Å²) < 4.78 is 6.87. The van der Waals surface area contributed by atoms with Crippen LogP contribution in [0.3, 0.4) is 0 Å². The standard InChI is InChI=1S/C19H22N2O2/c1-14(2)20-18-7-5-6-12-21(18)19(22)11-9-16-13-15(3)8-10-17(16)23-4/h5-14H,1-4H3/b11-9+,20-18?. The lowest BCUT2D eigenvalue weighted by Crippen LogP contribution is -2.26. The highest BCUT2D eigenvalue weighted by Crippen LogP contribution is 2.20. The highest BCUT2D eigenvalue weighted by atomic mass is 16.5. The van der Waals surface area contributed by atoms with Gasteiger partial charge in [-0.1, -0.05) is 17.7 Å². The largest absolute Gasteiger partial charge is 0.496 e. The molecule has 1 heterocycles. The highest BCUT2D eigenvalue weighted by Gasteiger charge is 2.04. The molecule has 4 nitrogen and oxygen atoms in total. The first-order chi connectivity index (χ1) is 11.0. The van der Waals surface area contributed by atoms with Crippen LogP contribution in [0.15, 0.2) is 53.7 Å². The Bertz CT molecular complexity index is 786. The summed E-state index contributed by atoms with van der Waals surface area (Å²) in [5.74, 6) is 0.596. The van der Waals surface area contributed by atoms with E-state index in [9.17, 15) is 4.79 Å². The summed E-state index contributed by atoms with van der Waals surface area (Å²) in [5.41, 5.74) is 2.63. The molecule has 0 saturated heterocycles. The molecule has 0 N–H and O–H groups in total. The predicted molar refractivity (Wildman–Crippen MR) is 92.5 cm³/mol. The van der Waals surface area contributed by atoms with Crippen molar-refractivity contribution in [3.8, 4) is 5.75 Å². The molecule has 0 atom stereocenters. The number of carbonyl (C=O) groups excluding carboxylic acids is 1. The number of carbonyl (C=O) groups is 1. The van der Waals surface area contributed by atoms with E-state index in [1.165, 1.54) is 6.08 Å². The Hall–Kier alpha value is -2.62. The number of aryl methyl sites for hydroxylation is 1. The SMILES string of the molecule is COc1ccc(C)cc1/C=C/C(=O)n1ccccc1=NC(C)C. The molecule has 0 bridgehead atoms. The topological polar surface area (TPSA) is 43.6 Å². The second kappa shape index (κ2) is 7.58. The van der Waals surface area contributed by atoms with Crippen LogP contribution in [0.1, 0.15) is 29.8 Å². The van der Waals surface area contributed by atoms with E-state index in [1.54, 1.807) is 23.9 Å². The number of aromatic nitrogens is 1. The summed E-state index contributed by atoms with van der Waals surface area (Å²) in [5, 5.41) is 0. The Labute approximate surface area is 136 Å². The van der Waals surface area contributed by atoms with Crippen LogP contribution in [-0.4, -0.2) is 23.6 Å². The zero-order valence-electron chi connectivity index (χ0n) is 14.0. The molecule has 0 aliphatic heterocycles. The number of benzene rings is 1. The minimum atomic E-state index is -0.145. The molecule has 0 fully saturated rings. The monoisotopic (exact) mass is 310 g/mol. The lowest BCUT2D eigenvalue weighted by molar-refractivity contribution is 0.0964. The van der Waals surface area contributed by atoms with Gasteiger partial charge in [0.15, 0.2) is 0 Å². The lowest BCUT2D eigenvalue weighted by atomic mass is 10.1. The first kappa shape index (κ1) is 16.7. The van der Waals surface area contributed by atoms with Crippen molar-refractivity contribution < 1.29 is 9.53 Å². The van der Waals surface area contributed by atoms with Gasteiger partial charge < -0.3 is 4.74 Å². The van der Waals surface area contributed by atoms with Crippen molar-refractivity contribution in [2.45, 2.75) is 26.8 Å². The maximum Gasteiger partial charge on any atom is 0.256 e. The number of allylic oxidation sites excluding steroid dienone is 1. The molecule has 23 heavy (non-hydrogen) atoms. The van der Waals surface area contributed by atoms with Gasteiger partial charge in [-0.3, -0.25) is 14.4 Å². The van der Waals surface area contributed by atoms with Gasteiger partial charge >= 0.3 is 0 Å². The van der Waals surface area contributed by atoms with Crippen LogP contribution in [0.2, 0.25) is 0 Å². The second-order valence-corrected chi connectivity index (χ2v) is 5.57. The molecule has 4 heteroatoms. The Morgan fingerprint density at radius 1 is 1.26 bits per heavy atom. The van der Waals surface area contributed by atoms with Crippen molar-refractivity contribution in [2.75, 3.05) is 7.11 Å². The van der Waals surface area contributed by atoms with Gasteiger partial charge in [-0.15, -0.1) is 0 Å². The number of hydrogen-bond donors (Lipinski definition) is 0. The number of pyridine rings is 1. The molecule has 0 spiro atoms. The lowest BCUT2D eigenvalue weighted by Gasteiger charge is -2.06. The van der Waals surface area contributed by atoms with E-state index in [-0.39, 0.29) is 11.9 Å². The maximum atomic E-state index is 12.5. The third kappa shape index (κ3) is 4.42. The zero-order chi connectivity index (χ0) is 16.8. The van der Waals surface area contributed by atoms with Gasteiger partial charge in [0, 0.05) is 23.9 Å². The molecular formula is C19H22N2O2. The van der Waals surface area contributed by atoms with Gasteiger partial charge in [-0.05, 0) is 51.1 Å². The highest BCUT2D eigenvalue weighted by molar-refractivity contribution is 5.93. The second-order valence-electron chi connectivity index (χ2n) is 5.57. The molecule has 1 aromatic carbocycles. The Kier molecular flexibility index (Phi) is 5.52. The number of nitrogens with zero attached hydrogens (tertiary/aromatic N) is 2. The van der Waals surface area contributed by atoms with Crippen molar-refractivity contribution in [2.24, 2.45) is 4.99 Å². The molecule has 1 aromatic heterocycles. The molecule has 0 amide bonds. The first-order valence-electron chi connectivity index (χ1n) is 7.60.